The van der Waals surface area contributed by atoms with Crippen molar-refractivity contribution in [2.24, 2.45) is 0 Å². The fraction of sp³-hybridized carbons (Fsp3) is 0.200. The number of thioether (sulfide) groups is 1. The lowest BCUT2D eigenvalue weighted by molar-refractivity contribution is 0.533. The molecule has 3 aromatic rings. The highest BCUT2D eigenvalue weighted by molar-refractivity contribution is 7.99. The molecule has 0 amide bonds. The van der Waals surface area contributed by atoms with Gasteiger partial charge in [-0.3, -0.25) is 4.40 Å². The predicted octanol–water partition coefficient (Wildman–Crippen LogP) is 2.39. The van der Waals surface area contributed by atoms with Gasteiger partial charge in [-0.25, -0.2) is 9.48 Å². The van der Waals surface area contributed by atoms with E-state index in [1.54, 1.807) is 15.3 Å². The summed E-state index contributed by atoms with van der Waals surface area (Å²) in [6.45, 7) is 0.643. The molecule has 3 heterocycles. The van der Waals surface area contributed by atoms with Crippen LogP contribution in [0.2, 0.25) is 0 Å². The molecule has 0 radical (unpaired) electrons. The summed E-state index contributed by atoms with van der Waals surface area (Å²) in [5.74, 6) is 1.37. The molecular weight excluding hydrogens is 270 g/mol. The molecule has 5 heteroatoms. The van der Waals surface area contributed by atoms with E-state index in [1.165, 1.54) is 10.5 Å². The Bertz CT molecular complexity index is 836. The van der Waals surface area contributed by atoms with Crippen molar-refractivity contribution in [3.8, 4) is 0 Å². The van der Waals surface area contributed by atoms with Gasteiger partial charge in [0, 0.05) is 22.8 Å². The number of rotatable bonds is 2. The average molecular weight is 283 g/mol. The van der Waals surface area contributed by atoms with Gasteiger partial charge in [0.2, 0.25) is 0 Å². The summed E-state index contributed by atoms with van der Waals surface area (Å²) in [5.41, 5.74) is 1.98. The van der Waals surface area contributed by atoms with Crippen LogP contribution < -0.4 is 5.69 Å². The van der Waals surface area contributed by atoms with Crippen molar-refractivity contribution in [2.75, 3.05) is 5.75 Å². The zero-order valence-corrected chi connectivity index (χ0v) is 11.6. The Kier molecular flexibility index (Phi) is 2.67. The van der Waals surface area contributed by atoms with Crippen LogP contribution in [0.15, 0.2) is 58.4 Å². The molecule has 1 aromatic carbocycles. The molecule has 2 aromatic heterocycles. The van der Waals surface area contributed by atoms with Crippen molar-refractivity contribution >= 4 is 17.4 Å². The highest BCUT2D eigenvalue weighted by Crippen LogP contribution is 2.39. The van der Waals surface area contributed by atoms with Crippen molar-refractivity contribution < 1.29 is 0 Å². The molecule has 0 N–H and O–H groups in total. The predicted molar refractivity (Wildman–Crippen MR) is 79.4 cm³/mol. The van der Waals surface area contributed by atoms with Gasteiger partial charge >= 0.3 is 5.69 Å². The number of pyridine rings is 1. The molecule has 0 aliphatic carbocycles. The normalized spacial score (nSPS) is 17.5. The molecule has 1 aliphatic heterocycles. The number of hydrogen-bond acceptors (Lipinski definition) is 3. The molecule has 4 rings (SSSR count). The van der Waals surface area contributed by atoms with E-state index in [9.17, 15) is 4.79 Å². The maximum Gasteiger partial charge on any atom is 0.350 e. The van der Waals surface area contributed by atoms with Crippen molar-refractivity contribution in [2.45, 2.75) is 17.4 Å². The van der Waals surface area contributed by atoms with E-state index in [1.807, 2.05) is 30.0 Å². The number of benzene rings is 1. The first-order chi connectivity index (χ1) is 9.83. The molecule has 0 spiro atoms. The van der Waals surface area contributed by atoms with E-state index in [4.69, 9.17) is 0 Å². The third-order valence-corrected chi connectivity index (χ3v) is 4.93. The summed E-state index contributed by atoms with van der Waals surface area (Å²) in [6, 6.07) is 14.0. The first-order valence-corrected chi connectivity index (χ1v) is 7.57. The van der Waals surface area contributed by atoms with Gasteiger partial charge in [-0.05, 0) is 23.8 Å². The molecule has 0 fully saturated rings. The summed E-state index contributed by atoms with van der Waals surface area (Å²) >= 11 is 1.86. The second kappa shape index (κ2) is 4.52. The lowest BCUT2D eigenvalue weighted by atomic mass is 10.0. The summed E-state index contributed by atoms with van der Waals surface area (Å²) < 4.78 is 3.18. The van der Waals surface area contributed by atoms with Crippen LogP contribution in [0.25, 0.3) is 5.65 Å². The highest BCUT2D eigenvalue weighted by atomic mass is 32.2. The van der Waals surface area contributed by atoms with Gasteiger partial charge in [0.05, 0.1) is 6.54 Å². The van der Waals surface area contributed by atoms with E-state index < -0.39 is 0 Å². The third kappa shape index (κ3) is 1.78. The Morgan fingerprint density at radius 2 is 2.05 bits per heavy atom. The largest absolute Gasteiger partial charge is 0.350 e. The van der Waals surface area contributed by atoms with E-state index in [0.717, 1.165) is 5.75 Å². The Hall–Kier alpha value is -2.01. The zero-order valence-electron chi connectivity index (χ0n) is 10.8. The molecule has 0 bridgehead atoms. The smallest absolute Gasteiger partial charge is 0.250 e. The maximum atomic E-state index is 12.3. The SMILES string of the molecule is O=c1n(CC2CSc3ccccc32)nc2ccccn12. The Morgan fingerprint density at radius 1 is 1.20 bits per heavy atom. The molecule has 0 saturated carbocycles. The monoisotopic (exact) mass is 283 g/mol. The molecule has 1 atom stereocenters. The van der Waals surface area contributed by atoms with Crippen LogP contribution in [0.3, 0.4) is 0 Å². The van der Waals surface area contributed by atoms with E-state index in [-0.39, 0.29) is 5.69 Å². The van der Waals surface area contributed by atoms with Crippen LogP contribution in [0.5, 0.6) is 0 Å². The molecule has 1 unspecified atom stereocenters. The van der Waals surface area contributed by atoms with Crippen molar-refractivity contribution in [3.05, 3.63) is 64.7 Å². The number of nitrogens with zero attached hydrogens (tertiary/aromatic N) is 3. The number of hydrogen-bond donors (Lipinski definition) is 0. The molecule has 1 aliphatic rings. The molecule has 0 saturated heterocycles. The molecule has 100 valence electrons. The number of aromatic nitrogens is 3. The van der Waals surface area contributed by atoms with Crippen LogP contribution in [-0.4, -0.2) is 19.9 Å². The zero-order chi connectivity index (χ0) is 13.5. The van der Waals surface area contributed by atoms with Gasteiger partial charge in [0.1, 0.15) is 0 Å². The van der Waals surface area contributed by atoms with Crippen LogP contribution >= 0.6 is 11.8 Å². The second-order valence-corrected chi connectivity index (χ2v) is 6.00. The van der Waals surface area contributed by atoms with Gasteiger partial charge in [-0.2, -0.15) is 0 Å². The fourth-order valence-electron chi connectivity index (χ4n) is 2.68. The average Bonchev–Trinajstić information content (AvgIpc) is 3.03. The lowest BCUT2D eigenvalue weighted by Crippen LogP contribution is -2.24. The minimum Gasteiger partial charge on any atom is -0.250 e. The first-order valence-electron chi connectivity index (χ1n) is 6.59. The van der Waals surface area contributed by atoms with Crippen LogP contribution in [0.4, 0.5) is 0 Å². The van der Waals surface area contributed by atoms with Gasteiger partial charge in [-0.1, -0.05) is 24.3 Å². The van der Waals surface area contributed by atoms with Crippen LogP contribution in [0.1, 0.15) is 11.5 Å². The molecule has 20 heavy (non-hydrogen) atoms. The van der Waals surface area contributed by atoms with Gasteiger partial charge in [-0.15, -0.1) is 16.9 Å². The quantitative estimate of drug-likeness (QED) is 0.725. The highest BCUT2D eigenvalue weighted by Gasteiger charge is 2.24. The summed E-state index contributed by atoms with van der Waals surface area (Å²) in [4.78, 5) is 13.6. The van der Waals surface area contributed by atoms with E-state index in [2.05, 4.69) is 29.4 Å². The second-order valence-electron chi connectivity index (χ2n) is 4.94. The third-order valence-electron chi connectivity index (χ3n) is 3.68. The van der Waals surface area contributed by atoms with E-state index in [0.29, 0.717) is 18.1 Å². The summed E-state index contributed by atoms with van der Waals surface area (Å²) in [6.07, 6.45) is 1.76. The molecular formula is C15H13N3OS. The van der Waals surface area contributed by atoms with E-state index >= 15 is 0 Å². The van der Waals surface area contributed by atoms with Crippen molar-refractivity contribution in [1.29, 1.82) is 0 Å². The fourth-order valence-corrected chi connectivity index (χ4v) is 3.92. The lowest BCUT2D eigenvalue weighted by Gasteiger charge is -2.09. The topological polar surface area (TPSA) is 39.3 Å². The summed E-state index contributed by atoms with van der Waals surface area (Å²) in [7, 11) is 0. The van der Waals surface area contributed by atoms with Crippen LogP contribution in [-0.2, 0) is 6.54 Å². The summed E-state index contributed by atoms with van der Waals surface area (Å²) in [5, 5.41) is 4.41. The minimum absolute atomic E-state index is 0.0602. The Balaban J connectivity index is 1.72. The standard InChI is InChI=1S/C15H13N3OS/c19-15-17-8-4-3-7-14(17)16-18(15)9-11-10-20-13-6-2-1-5-12(11)13/h1-8,11H,9-10H2. The Morgan fingerprint density at radius 3 is 2.95 bits per heavy atom. The van der Waals surface area contributed by atoms with Crippen LogP contribution in [0, 0.1) is 0 Å². The first kappa shape index (κ1) is 11.8. The van der Waals surface area contributed by atoms with Gasteiger partial charge in [0.15, 0.2) is 5.65 Å². The molecule has 4 nitrogen and oxygen atoms in total. The maximum absolute atomic E-state index is 12.3. The van der Waals surface area contributed by atoms with Crippen molar-refractivity contribution in [3.63, 3.8) is 0 Å². The Labute approximate surface area is 120 Å². The number of fused-ring (bicyclic) bond motifs is 2. The van der Waals surface area contributed by atoms with Gasteiger partial charge in [0.25, 0.3) is 0 Å². The minimum atomic E-state index is -0.0602. The van der Waals surface area contributed by atoms with Crippen molar-refractivity contribution in [1.82, 2.24) is 14.2 Å². The van der Waals surface area contributed by atoms with Gasteiger partial charge < -0.3 is 0 Å².